The Balaban J connectivity index is 1.88. The molecule has 21 heavy (non-hydrogen) atoms. The van der Waals surface area contributed by atoms with Crippen molar-refractivity contribution in [3.8, 4) is 0 Å². The molecule has 1 heterocycles. The lowest BCUT2D eigenvalue weighted by Crippen LogP contribution is -2.53. The Labute approximate surface area is 129 Å². The topological polar surface area (TPSA) is 67.6 Å². The number of morpholine rings is 1. The number of halogens is 1. The number of amides is 1. The zero-order valence-corrected chi connectivity index (χ0v) is 12.6. The summed E-state index contributed by atoms with van der Waals surface area (Å²) in [6, 6.07) is 6.00. The van der Waals surface area contributed by atoms with Crippen LogP contribution >= 0.6 is 11.6 Å². The third-order valence-corrected chi connectivity index (χ3v) is 4.28. The lowest BCUT2D eigenvalue weighted by Gasteiger charge is -2.37. The van der Waals surface area contributed by atoms with E-state index < -0.39 is 6.04 Å². The van der Waals surface area contributed by atoms with E-state index in [-0.39, 0.29) is 5.91 Å². The molecular weight excluding hydrogens is 290 g/mol. The minimum absolute atomic E-state index is 0.316. The number of nitrogens with two attached hydrogens (primary N) is 1. The molecule has 1 saturated carbocycles. The van der Waals surface area contributed by atoms with Gasteiger partial charge in [-0.05, 0) is 24.5 Å². The molecule has 0 spiro atoms. The summed E-state index contributed by atoms with van der Waals surface area (Å²) in [5, 5.41) is 4.14. The summed E-state index contributed by atoms with van der Waals surface area (Å²) < 4.78 is 5.38. The van der Waals surface area contributed by atoms with Crippen LogP contribution in [0.2, 0.25) is 5.02 Å². The third-order valence-electron chi connectivity index (χ3n) is 3.97. The standard InChI is InChI=1S/C15H20ClN3O2/c16-12-3-1-2-10(8-18-11-4-5-11)14(12)19-6-7-21-9-13(19)15(17)20/h1-3,11,13,18H,4-9H2,(H2,17,20). The lowest BCUT2D eigenvalue weighted by atomic mass is 10.1. The summed E-state index contributed by atoms with van der Waals surface area (Å²) in [7, 11) is 0. The van der Waals surface area contributed by atoms with Crippen LogP contribution in [-0.4, -0.2) is 37.7 Å². The van der Waals surface area contributed by atoms with Gasteiger partial charge in [0, 0.05) is 19.1 Å². The van der Waals surface area contributed by atoms with E-state index in [0.717, 1.165) is 17.8 Å². The van der Waals surface area contributed by atoms with Gasteiger partial charge in [0.2, 0.25) is 5.91 Å². The summed E-state index contributed by atoms with van der Waals surface area (Å²) in [5.74, 6) is -0.379. The van der Waals surface area contributed by atoms with Crippen LogP contribution in [0.25, 0.3) is 0 Å². The van der Waals surface area contributed by atoms with Gasteiger partial charge in [-0.15, -0.1) is 0 Å². The number of primary amides is 1. The van der Waals surface area contributed by atoms with Crippen molar-refractivity contribution < 1.29 is 9.53 Å². The molecule has 1 aliphatic carbocycles. The molecule has 2 aliphatic rings. The summed E-state index contributed by atoms with van der Waals surface area (Å²) >= 11 is 6.40. The highest BCUT2D eigenvalue weighted by Crippen LogP contribution is 2.33. The van der Waals surface area contributed by atoms with Crippen molar-refractivity contribution >= 4 is 23.2 Å². The molecule has 0 radical (unpaired) electrons. The van der Waals surface area contributed by atoms with Gasteiger partial charge in [0.15, 0.2) is 0 Å². The molecule has 1 amide bonds. The van der Waals surface area contributed by atoms with Crippen LogP contribution in [-0.2, 0) is 16.1 Å². The number of benzene rings is 1. The fraction of sp³-hybridized carbons (Fsp3) is 0.533. The molecule has 1 aromatic carbocycles. The minimum atomic E-state index is -0.460. The number of hydrogen-bond donors (Lipinski definition) is 2. The van der Waals surface area contributed by atoms with Gasteiger partial charge in [0.05, 0.1) is 23.9 Å². The van der Waals surface area contributed by atoms with Crippen molar-refractivity contribution in [2.75, 3.05) is 24.7 Å². The zero-order chi connectivity index (χ0) is 14.8. The molecule has 0 bridgehead atoms. The van der Waals surface area contributed by atoms with Crippen LogP contribution in [0.15, 0.2) is 18.2 Å². The summed E-state index contributed by atoms with van der Waals surface area (Å²) in [6.07, 6.45) is 2.47. The Hall–Kier alpha value is -1.30. The number of rotatable bonds is 5. The highest BCUT2D eigenvalue weighted by molar-refractivity contribution is 6.33. The summed E-state index contributed by atoms with van der Waals surface area (Å²) in [4.78, 5) is 13.7. The van der Waals surface area contributed by atoms with E-state index in [1.807, 2.05) is 23.1 Å². The second-order valence-corrected chi connectivity index (χ2v) is 6.00. The molecule has 2 fully saturated rings. The highest BCUT2D eigenvalue weighted by atomic mass is 35.5. The predicted molar refractivity (Wildman–Crippen MR) is 82.5 cm³/mol. The molecule has 1 atom stereocenters. The molecule has 1 saturated heterocycles. The van der Waals surface area contributed by atoms with Crippen LogP contribution < -0.4 is 16.0 Å². The van der Waals surface area contributed by atoms with Gasteiger partial charge in [-0.2, -0.15) is 0 Å². The molecule has 6 heteroatoms. The van der Waals surface area contributed by atoms with Gasteiger partial charge in [-0.3, -0.25) is 4.79 Å². The van der Waals surface area contributed by atoms with E-state index in [4.69, 9.17) is 22.1 Å². The SMILES string of the molecule is NC(=O)C1COCCN1c1c(Cl)cccc1CNC1CC1. The van der Waals surface area contributed by atoms with Gasteiger partial charge in [-0.25, -0.2) is 0 Å². The average Bonchev–Trinajstić information content (AvgIpc) is 3.29. The molecule has 1 aliphatic heterocycles. The van der Waals surface area contributed by atoms with Crippen molar-refractivity contribution in [2.24, 2.45) is 5.73 Å². The first-order chi connectivity index (χ1) is 10.2. The van der Waals surface area contributed by atoms with E-state index in [2.05, 4.69) is 5.32 Å². The first-order valence-corrected chi connectivity index (χ1v) is 7.69. The number of anilines is 1. The van der Waals surface area contributed by atoms with E-state index >= 15 is 0 Å². The molecule has 0 aromatic heterocycles. The van der Waals surface area contributed by atoms with E-state index in [1.54, 1.807) is 0 Å². The Morgan fingerprint density at radius 1 is 1.48 bits per heavy atom. The van der Waals surface area contributed by atoms with E-state index in [9.17, 15) is 4.79 Å². The molecule has 114 valence electrons. The maximum Gasteiger partial charge on any atom is 0.242 e. The number of hydrogen-bond acceptors (Lipinski definition) is 4. The van der Waals surface area contributed by atoms with Crippen molar-refractivity contribution in [1.29, 1.82) is 0 Å². The molecule has 1 unspecified atom stereocenters. The molecule has 3 N–H and O–H groups in total. The number of carbonyl (C=O) groups excluding carboxylic acids is 1. The van der Waals surface area contributed by atoms with Gasteiger partial charge in [-0.1, -0.05) is 23.7 Å². The lowest BCUT2D eigenvalue weighted by molar-refractivity contribution is -0.121. The fourth-order valence-corrected chi connectivity index (χ4v) is 2.98. The number of para-hydroxylation sites is 1. The van der Waals surface area contributed by atoms with Crippen molar-refractivity contribution in [2.45, 2.75) is 31.5 Å². The third kappa shape index (κ3) is 3.31. The number of carbonyl (C=O) groups is 1. The number of nitrogens with zero attached hydrogens (tertiary/aromatic N) is 1. The van der Waals surface area contributed by atoms with Crippen molar-refractivity contribution in [3.05, 3.63) is 28.8 Å². The summed E-state index contributed by atoms with van der Waals surface area (Å²) in [5.41, 5.74) is 7.51. The first-order valence-electron chi connectivity index (χ1n) is 7.31. The second kappa shape index (κ2) is 6.22. The fourth-order valence-electron chi connectivity index (χ4n) is 2.67. The van der Waals surface area contributed by atoms with Crippen LogP contribution in [0.1, 0.15) is 18.4 Å². The predicted octanol–water partition coefficient (Wildman–Crippen LogP) is 1.28. The van der Waals surface area contributed by atoms with Gasteiger partial charge >= 0.3 is 0 Å². The summed E-state index contributed by atoms with van der Waals surface area (Å²) in [6.45, 7) is 2.26. The highest BCUT2D eigenvalue weighted by Gasteiger charge is 2.31. The second-order valence-electron chi connectivity index (χ2n) is 5.59. The largest absolute Gasteiger partial charge is 0.377 e. The Morgan fingerprint density at radius 3 is 3.00 bits per heavy atom. The monoisotopic (exact) mass is 309 g/mol. The normalized spacial score (nSPS) is 22.3. The molecule has 3 rings (SSSR count). The van der Waals surface area contributed by atoms with Crippen LogP contribution in [0.4, 0.5) is 5.69 Å². The van der Waals surface area contributed by atoms with Gasteiger partial charge in [0.25, 0.3) is 0 Å². The molecular formula is C15H20ClN3O2. The number of ether oxygens (including phenoxy) is 1. The van der Waals surface area contributed by atoms with E-state index in [1.165, 1.54) is 12.8 Å². The van der Waals surface area contributed by atoms with Gasteiger partial charge in [0.1, 0.15) is 6.04 Å². The van der Waals surface area contributed by atoms with Gasteiger partial charge < -0.3 is 20.7 Å². The van der Waals surface area contributed by atoms with Crippen molar-refractivity contribution in [1.82, 2.24) is 5.32 Å². The van der Waals surface area contributed by atoms with Crippen LogP contribution in [0.3, 0.4) is 0 Å². The van der Waals surface area contributed by atoms with E-state index in [0.29, 0.717) is 30.8 Å². The first kappa shape index (κ1) is 14.6. The Morgan fingerprint density at radius 2 is 2.29 bits per heavy atom. The Kier molecular flexibility index (Phi) is 4.33. The quantitative estimate of drug-likeness (QED) is 0.860. The average molecular weight is 310 g/mol. The van der Waals surface area contributed by atoms with Crippen molar-refractivity contribution in [3.63, 3.8) is 0 Å². The van der Waals surface area contributed by atoms with Crippen LogP contribution in [0.5, 0.6) is 0 Å². The number of nitrogens with one attached hydrogen (secondary N) is 1. The molecule has 5 nitrogen and oxygen atoms in total. The smallest absolute Gasteiger partial charge is 0.242 e. The zero-order valence-electron chi connectivity index (χ0n) is 11.8. The Bertz CT molecular complexity index is 534. The maximum atomic E-state index is 11.7. The molecule has 1 aromatic rings. The maximum absolute atomic E-state index is 11.7. The minimum Gasteiger partial charge on any atom is -0.377 e. The van der Waals surface area contributed by atoms with Crippen LogP contribution in [0, 0.1) is 0 Å².